The average Bonchev–Trinajstić information content (AvgIpc) is 2.89. The van der Waals surface area contributed by atoms with Gasteiger partial charge in [-0.1, -0.05) is 18.5 Å². The van der Waals surface area contributed by atoms with Crippen molar-refractivity contribution in [1.29, 1.82) is 0 Å². The summed E-state index contributed by atoms with van der Waals surface area (Å²) in [5.74, 6) is 0.532. The van der Waals surface area contributed by atoms with Gasteiger partial charge >= 0.3 is 12.2 Å². The Hall–Kier alpha value is -2.63. The number of benzene rings is 2. The van der Waals surface area contributed by atoms with E-state index in [0.717, 1.165) is 16.2 Å². The van der Waals surface area contributed by atoms with E-state index in [-0.39, 0.29) is 35.8 Å². The fourth-order valence-corrected chi connectivity index (χ4v) is 6.12. The van der Waals surface area contributed by atoms with Crippen molar-refractivity contribution in [2.24, 2.45) is 0 Å². The summed E-state index contributed by atoms with van der Waals surface area (Å²) in [6, 6.07) is 8.57. The molecule has 0 bridgehead atoms. The summed E-state index contributed by atoms with van der Waals surface area (Å²) >= 11 is 11.5. The Balaban J connectivity index is 1.84. The Morgan fingerprint density at radius 2 is 1.70 bits per heavy atom. The molecule has 3 amide bonds. The average molecular weight is 698 g/mol. The van der Waals surface area contributed by atoms with Crippen LogP contribution in [0, 0.1) is 0 Å². The number of rotatable bonds is 7. The zero-order valence-electron chi connectivity index (χ0n) is 25.9. The third-order valence-electron chi connectivity index (χ3n) is 6.46. The number of piperidine rings is 1. The van der Waals surface area contributed by atoms with Gasteiger partial charge in [0.2, 0.25) is 0 Å². The molecule has 0 unspecified atom stereocenters. The van der Waals surface area contributed by atoms with Gasteiger partial charge in [-0.15, -0.1) is 11.8 Å². The Kier molecular flexibility index (Phi) is 11.7. The van der Waals surface area contributed by atoms with Crippen LogP contribution in [-0.4, -0.2) is 59.1 Å². The van der Waals surface area contributed by atoms with Crippen LogP contribution < -0.4 is 16.0 Å². The first-order valence-electron chi connectivity index (χ1n) is 14.3. The summed E-state index contributed by atoms with van der Waals surface area (Å²) in [5.41, 5.74) is 6.96. The van der Waals surface area contributed by atoms with Crippen LogP contribution in [0.15, 0.2) is 39.7 Å². The summed E-state index contributed by atoms with van der Waals surface area (Å²) < 4.78 is 11.8. The normalized spacial score (nSPS) is 14.3. The zero-order chi connectivity index (χ0) is 32.1. The highest BCUT2D eigenvalue weighted by Crippen LogP contribution is 2.36. The van der Waals surface area contributed by atoms with Crippen molar-refractivity contribution in [1.82, 2.24) is 10.2 Å². The molecule has 1 saturated heterocycles. The highest BCUT2D eigenvalue weighted by atomic mass is 79.9. The number of amides is 3. The van der Waals surface area contributed by atoms with Crippen LogP contribution in [0.3, 0.4) is 0 Å². The van der Waals surface area contributed by atoms with E-state index in [9.17, 15) is 14.4 Å². The topological polar surface area (TPSA) is 114 Å². The van der Waals surface area contributed by atoms with Gasteiger partial charge in [-0.25, -0.2) is 9.59 Å². The molecule has 0 spiro atoms. The van der Waals surface area contributed by atoms with E-state index in [1.807, 2.05) is 39.0 Å². The van der Waals surface area contributed by atoms with E-state index in [4.69, 9.17) is 26.8 Å². The fraction of sp³-hybridized carbons (Fsp3) is 0.516. The summed E-state index contributed by atoms with van der Waals surface area (Å²) in [7, 11) is 0. The molecule has 236 valence electrons. The Morgan fingerprint density at radius 3 is 2.28 bits per heavy atom. The lowest BCUT2D eigenvalue weighted by molar-refractivity contribution is 0.0200. The van der Waals surface area contributed by atoms with Crippen LogP contribution >= 0.6 is 39.3 Å². The van der Waals surface area contributed by atoms with Gasteiger partial charge < -0.3 is 25.4 Å². The second-order valence-corrected chi connectivity index (χ2v) is 14.9. The predicted octanol–water partition coefficient (Wildman–Crippen LogP) is 7.87. The van der Waals surface area contributed by atoms with Gasteiger partial charge in [-0.2, -0.15) is 0 Å². The minimum atomic E-state index is -0.736. The molecule has 3 rings (SSSR count). The number of nitrogen functional groups attached to an aromatic ring is 1. The molecule has 0 atom stereocenters. The number of hydrogen-bond donors (Lipinski definition) is 2. The van der Waals surface area contributed by atoms with Crippen molar-refractivity contribution in [3.05, 3.63) is 51.0 Å². The quantitative estimate of drug-likeness (QED) is 0.224. The first-order valence-corrected chi connectivity index (χ1v) is 16.4. The lowest BCUT2D eigenvalue weighted by Gasteiger charge is -2.39. The number of halogens is 2. The molecule has 12 heteroatoms. The maximum absolute atomic E-state index is 13.6. The van der Waals surface area contributed by atoms with Crippen molar-refractivity contribution >= 4 is 68.8 Å². The lowest BCUT2D eigenvalue weighted by atomic mass is 10.0. The van der Waals surface area contributed by atoms with Gasteiger partial charge in [-0.05, 0) is 112 Å². The Morgan fingerprint density at radius 1 is 1.07 bits per heavy atom. The molecule has 3 N–H and O–H groups in total. The second kappa shape index (κ2) is 14.4. The van der Waals surface area contributed by atoms with Gasteiger partial charge in [0.15, 0.2) is 0 Å². The minimum absolute atomic E-state index is 0.213. The van der Waals surface area contributed by atoms with Crippen LogP contribution in [0.5, 0.6) is 0 Å². The molecule has 1 heterocycles. The molecule has 0 saturated carbocycles. The first kappa shape index (κ1) is 34.9. The third kappa shape index (κ3) is 9.94. The van der Waals surface area contributed by atoms with Crippen molar-refractivity contribution in [3.8, 4) is 0 Å². The molecule has 2 aromatic rings. The lowest BCUT2D eigenvalue weighted by Crippen LogP contribution is -2.51. The molecule has 43 heavy (non-hydrogen) atoms. The van der Waals surface area contributed by atoms with Crippen LogP contribution in [-0.2, 0) is 16.0 Å². The van der Waals surface area contributed by atoms with Gasteiger partial charge in [0, 0.05) is 45.8 Å². The van der Waals surface area contributed by atoms with E-state index in [1.165, 1.54) is 0 Å². The molecular weight excluding hydrogens is 656 g/mol. The molecule has 1 aliphatic rings. The van der Waals surface area contributed by atoms with E-state index in [0.29, 0.717) is 41.1 Å². The number of carbonyl (C=O) groups excluding carboxylic acids is 3. The number of carbonyl (C=O) groups is 3. The SMILES string of the molecule is CCSc1ccc(Cl)cc1CNC(=O)c1cc(Br)c(N(C(=O)OC(C)(C)C)C2CCN(C(=O)OC(C)(C)C)CC2)cc1N. The number of nitrogens with two attached hydrogens (primary N) is 1. The molecule has 0 aromatic heterocycles. The number of nitrogens with one attached hydrogen (secondary N) is 1. The summed E-state index contributed by atoms with van der Waals surface area (Å²) in [6.45, 7) is 14.0. The van der Waals surface area contributed by atoms with Crippen molar-refractivity contribution in [2.75, 3.05) is 29.5 Å². The van der Waals surface area contributed by atoms with Gasteiger partial charge in [-0.3, -0.25) is 9.69 Å². The largest absolute Gasteiger partial charge is 0.444 e. The fourth-order valence-electron chi connectivity index (χ4n) is 4.60. The minimum Gasteiger partial charge on any atom is -0.444 e. The first-order chi connectivity index (χ1) is 20.0. The number of anilines is 2. The highest BCUT2D eigenvalue weighted by molar-refractivity contribution is 9.10. The molecule has 0 aliphatic carbocycles. The number of ether oxygens (including phenoxy) is 2. The van der Waals surface area contributed by atoms with Crippen molar-refractivity contribution in [2.45, 2.75) is 90.0 Å². The maximum atomic E-state index is 13.6. The maximum Gasteiger partial charge on any atom is 0.415 e. The number of thioether (sulfide) groups is 1. The number of hydrogen-bond acceptors (Lipinski definition) is 7. The molecule has 2 aromatic carbocycles. The number of likely N-dealkylation sites (tertiary alicyclic amines) is 1. The molecular formula is C31H42BrClN4O5S. The van der Waals surface area contributed by atoms with Gasteiger partial charge in [0.25, 0.3) is 5.91 Å². The Bertz CT molecular complexity index is 1340. The van der Waals surface area contributed by atoms with E-state index in [2.05, 4.69) is 28.2 Å². The zero-order valence-corrected chi connectivity index (χ0v) is 29.0. The molecule has 9 nitrogen and oxygen atoms in total. The highest BCUT2D eigenvalue weighted by Gasteiger charge is 2.36. The van der Waals surface area contributed by atoms with Gasteiger partial charge in [0.1, 0.15) is 11.2 Å². The van der Waals surface area contributed by atoms with E-state index >= 15 is 0 Å². The smallest absolute Gasteiger partial charge is 0.415 e. The predicted molar refractivity (Wildman–Crippen MR) is 177 cm³/mol. The molecule has 0 radical (unpaired) electrons. The molecule has 1 fully saturated rings. The molecule has 1 aliphatic heterocycles. The second-order valence-electron chi connectivity index (χ2n) is 12.3. The van der Waals surface area contributed by atoms with E-state index < -0.39 is 17.3 Å². The van der Waals surface area contributed by atoms with Gasteiger partial charge in [0.05, 0.1) is 11.3 Å². The van der Waals surface area contributed by atoms with Crippen LogP contribution in [0.1, 0.15) is 77.2 Å². The third-order valence-corrected chi connectivity index (χ3v) is 8.32. The standard InChI is InChI=1S/C31H42BrClN4O5S/c1-8-43-26-10-9-20(33)15-19(26)18-35-27(38)22-16-23(32)25(17-24(22)34)37(29(40)42-31(5,6)7)21-11-13-36(14-12-21)28(39)41-30(2,3)4/h9-10,15-17,21H,8,11-14,18,34H2,1-7H3,(H,35,38). The van der Waals surface area contributed by atoms with Crippen LogP contribution in [0.4, 0.5) is 21.0 Å². The Labute approximate surface area is 272 Å². The monoisotopic (exact) mass is 696 g/mol. The summed E-state index contributed by atoms with van der Waals surface area (Å²) in [4.78, 5) is 43.7. The summed E-state index contributed by atoms with van der Waals surface area (Å²) in [5, 5.41) is 3.53. The van der Waals surface area contributed by atoms with Crippen molar-refractivity contribution < 1.29 is 23.9 Å². The summed E-state index contributed by atoms with van der Waals surface area (Å²) in [6.07, 6.45) is 0.0893. The van der Waals surface area contributed by atoms with E-state index in [1.54, 1.807) is 54.5 Å². The van der Waals surface area contributed by atoms with Crippen molar-refractivity contribution in [3.63, 3.8) is 0 Å². The van der Waals surface area contributed by atoms with Crippen LogP contribution in [0.25, 0.3) is 0 Å². The van der Waals surface area contributed by atoms with Crippen LogP contribution in [0.2, 0.25) is 5.02 Å². The number of nitrogens with zero attached hydrogens (tertiary/aromatic N) is 2.